The Hall–Kier alpha value is -0.550. The number of aromatic nitrogens is 2. The van der Waals surface area contributed by atoms with E-state index in [2.05, 4.69) is 31.4 Å². The smallest absolute Gasteiger partial charge is 0.175 e. The minimum Gasteiger partial charge on any atom is -0.352 e. The maximum Gasteiger partial charge on any atom is 0.175 e. The number of benzene rings is 1. The molecule has 2 rings (SSSR count). The van der Waals surface area contributed by atoms with Crippen LogP contribution >= 0.6 is 50.7 Å². The van der Waals surface area contributed by atoms with E-state index in [1.54, 1.807) is 12.1 Å². The summed E-state index contributed by atoms with van der Waals surface area (Å²) in [5.74, 6) is 0. The van der Waals surface area contributed by atoms with Crippen LogP contribution in [0, 0.1) is 0 Å². The first-order valence-corrected chi connectivity index (χ1v) is 6.40. The van der Waals surface area contributed by atoms with Crippen molar-refractivity contribution in [3.05, 3.63) is 44.1 Å². The molecule has 0 spiro atoms. The molecule has 0 atom stereocenters. The topological polar surface area (TPSA) is 37.8 Å². The zero-order chi connectivity index (χ0) is 12.4. The SMILES string of the molecule is Clc1cc(Nc2cc(Br)ccc2Cl)c(Cl)nn1. The van der Waals surface area contributed by atoms with Gasteiger partial charge in [0.05, 0.1) is 16.4 Å². The summed E-state index contributed by atoms with van der Waals surface area (Å²) in [5, 5.41) is 11.4. The van der Waals surface area contributed by atoms with E-state index in [4.69, 9.17) is 34.8 Å². The number of hydrogen-bond donors (Lipinski definition) is 1. The summed E-state index contributed by atoms with van der Waals surface area (Å²) in [6.07, 6.45) is 0. The van der Waals surface area contributed by atoms with E-state index < -0.39 is 0 Å². The van der Waals surface area contributed by atoms with Gasteiger partial charge in [-0.25, -0.2) is 0 Å². The Morgan fingerprint density at radius 3 is 2.53 bits per heavy atom. The fourth-order valence-corrected chi connectivity index (χ4v) is 1.99. The first kappa shape index (κ1) is 12.9. The highest BCUT2D eigenvalue weighted by Crippen LogP contribution is 2.31. The van der Waals surface area contributed by atoms with Crippen LogP contribution in [0.4, 0.5) is 11.4 Å². The van der Waals surface area contributed by atoms with Gasteiger partial charge in [0.25, 0.3) is 0 Å². The normalized spacial score (nSPS) is 10.4. The zero-order valence-corrected chi connectivity index (χ0v) is 12.1. The van der Waals surface area contributed by atoms with Gasteiger partial charge in [0.1, 0.15) is 0 Å². The average molecular weight is 353 g/mol. The molecule has 1 aromatic heterocycles. The number of anilines is 2. The molecule has 0 saturated carbocycles. The fourth-order valence-electron chi connectivity index (χ4n) is 1.18. The molecule has 7 heteroatoms. The Balaban J connectivity index is 2.37. The van der Waals surface area contributed by atoms with Gasteiger partial charge in [0.15, 0.2) is 10.3 Å². The third-order valence-corrected chi connectivity index (χ3v) is 3.20. The molecule has 0 fully saturated rings. The molecule has 2 aromatic rings. The highest BCUT2D eigenvalue weighted by atomic mass is 79.9. The van der Waals surface area contributed by atoms with Crippen LogP contribution in [-0.4, -0.2) is 10.2 Å². The number of rotatable bonds is 2. The Kier molecular flexibility index (Phi) is 4.09. The number of hydrogen-bond acceptors (Lipinski definition) is 3. The standard InChI is InChI=1S/C10H5BrCl3N3/c11-5-1-2-6(12)7(3-5)15-8-4-9(13)16-17-10(8)14/h1-4H,(H,15,16). The maximum atomic E-state index is 6.04. The Labute approximate surface area is 121 Å². The van der Waals surface area contributed by atoms with Gasteiger partial charge < -0.3 is 5.32 Å². The molecule has 1 N–H and O–H groups in total. The van der Waals surface area contributed by atoms with E-state index in [-0.39, 0.29) is 10.3 Å². The van der Waals surface area contributed by atoms with Crippen LogP contribution in [0.15, 0.2) is 28.7 Å². The Bertz CT molecular complexity index is 513. The van der Waals surface area contributed by atoms with Crippen LogP contribution in [0.5, 0.6) is 0 Å². The monoisotopic (exact) mass is 351 g/mol. The molecule has 0 aliphatic carbocycles. The van der Waals surface area contributed by atoms with E-state index in [9.17, 15) is 0 Å². The molecule has 3 nitrogen and oxygen atoms in total. The van der Waals surface area contributed by atoms with Crippen LogP contribution in [0.2, 0.25) is 15.3 Å². The van der Waals surface area contributed by atoms with Gasteiger partial charge in [-0.2, -0.15) is 0 Å². The van der Waals surface area contributed by atoms with Crippen LogP contribution in [0.25, 0.3) is 0 Å². The number of nitrogens with zero attached hydrogens (tertiary/aromatic N) is 2. The van der Waals surface area contributed by atoms with Crippen molar-refractivity contribution in [2.24, 2.45) is 0 Å². The van der Waals surface area contributed by atoms with E-state index >= 15 is 0 Å². The fraction of sp³-hybridized carbons (Fsp3) is 0. The second kappa shape index (κ2) is 5.40. The molecule has 0 saturated heterocycles. The predicted molar refractivity (Wildman–Crippen MR) is 74.5 cm³/mol. The molecule has 0 radical (unpaired) electrons. The van der Waals surface area contributed by atoms with Gasteiger partial charge >= 0.3 is 0 Å². The molecular weight excluding hydrogens is 348 g/mol. The third-order valence-electron chi connectivity index (χ3n) is 1.92. The maximum absolute atomic E-state index is 6.04. The largest absolute Gasteiger partial charge is 0.352 e. The van der Waals surface area contributed by atoms with Crippen molar-refractivity contribution in [3.63, 3.8) is 0 Å². The van der Waals surface area contributed by atoms with Crippen molar-refractivity contribution in [1.82, 2.24) is 10.2 Å². The lowest BCUT2D eigenvalue weighted by Crippen LogP contribution is -1.95. The van der Waals surface area contributed by atoms with Crippen molar-refractivity contribution < 1.29 is 0 Å². The molecule has 0 unspecified atom stereocenters. The molecule has 17 heavy (non-hydrogen) atoms. The predicted octanol–water partition coefficient (Wildman–Crippen LogP) is 4.94. The molecular formula is C10H5BrCl3N3. The summed E-state index contributed by atoms with van der Waals surface area (Å²) in [5.41, 5.74) is 1.25. The van der Waals surface area contributed by atoms with E-state index in [0.29, 0.717) is 16.4 Å². The van der Waals surface area contributed by atoms with Gasteiger partial charge in [-0.05, 0) is 18.2 Å². The van der Waals surface area contributed by atoms with E-state index in [0.717, 1.165) is 4.47 Å². The lowest BCUT2D eigenvalue weighted by Gasteiger charge is -2.09. The number of halogens is 4. The summed E-state index contributed by atoms with van der Waals surface area (Å²) in [4.78, 5) is 0. The van der Waals surface area contributed by atoms with Crippen LogP contribution in [0.3, 0.4) is 0 Å². The highest BCUT2D eigenvalue weighted by molar-refractivity contribution is 9.10. The first-order valence-electron chi connectivity index (χ1n) is 4.47. The van der Waals surface area contributed by atoms with E-state index in [1.165, 1.54) is 0 Å². The van der Waals surface area contributed by atoms with Crippen molar-refractivity contribution in [2.45, 2.75) is 0 Å². The lowest BCUT2D eigenvalue weighted by molar-refractivity contribution is 1.03. The Morgan fingerprint density at radius 2 is 1.76 bits per heavy atom. The van der Waals surface area contributed by atoms with Gasteiger partial charge in [0, 0.05) is 10.5 Å². The summed E-state index contributed by atoms with van der Waals surface area (Å²) in [6, 6.07) is 7.01. The highest BCUT2D eigenvalue weighted by Gasteiger charge is 2.07. The molecule has 0 bridgehead atoms. The molecule has 0 aliphatic heterocycles. The quantitative estimate of drug-likeness (QED) is 0.831. The second-order valence-electron chi connectivity index (χ2n) is 3.12. The number of nitrogens with one attached hydrogen (secondary N) is 1. The first-order chi connectivity index (χ1) is 8.06. The molecule has 88 valence electrons. The molecule has 0 aliphatic rings. The zero-order valence-electron chi connectivity index (χ0n) is 8.22. The molecule has 1 heterocycles. The molecule has 0 amide bonds. The van der Waals surface area contributed by atoms with Crippen molar-refractivity contribution in [2.75, 3.05) is 5.32 Å². The van der Waals surface area contributed by atoms with E-state index in [1.807, 2.05) is 12.1 Å². The summed E-state index contributed by atoms with van der Waals surface area (Å²) in [7, 11) is 0. The Morgan fingerprint density at radius 1 is 1.00 bits per heavy atom. The van der Waals surface area contributed by atoms with Crippen LogP contribution in [-0.2, 0) is 0 Å². The van der Waals surface area contributed by atoms with Crippen LogP contribution < -0.4 is 5.32 Å². The van der Waals surface area contributed by atoms with Gasteiger partial charge in [-0.3, -0.25) is 0 Å². The summed E-state index contributed by atoms with van der Waals surface area (Å²) in [6.45, 7) is 0. The van der Waals surface area contributed by atoms with Crippen molar-refractivity contribution in [3.8, 4) is 0 Å². The van der Waals surface area contributed by atoms with Gasteiger partial charge in [-0.15, -0.1) is 10.2 Å². The van der Waals surface area contributed by atoms with Crippen molar-refractivity contribution >= 4 is 62.1 Å². The van der Waals surface area contributed by atoms with Gasteiger partial charge in [0.2, 0.25) is 0 Å². The van der Waals surface area contributed by atoms with Crippen molar-refractivity contribution in [1.29, 1.82) is 0 Å². The third kappa shape index (κ3) is 3.22. The van der Waals surface area contributed by atoms with Crippen LogP contribution in [0.1, 0.15) is 0 Å². The second-order valence-corrected chi connectivity index (χ2v) is 5.19. The minimum atomic E-state index is 0.227. The average Bonchev–Trinajstić information content (AvgIpc) is 2.28. The summed E-state index contributed by atoms with van der Waals surface area (Å²) >= 11 is 21.0. The van der Waals surface area contributed by atoms with Gasteiger partial charge in [-0.1, -0.05) is 50.7 Å². The molecule has 1 aromatic carbocycles. The summed E-state index contributed by atoms with van der Waals surface area (Å²) < 4.78 is 0.897. The lowest BCUT2D eigenvalue weighted by atomic mass is 10.3. The minimum absolute atomic E-state index is 0.227.